The van der Waals surface area contributed by atoms with E-state index in [9.17, 15) is 4.79 Å². The van der Waals surface area contributed by atoms with Crippen molar-refractivity contribution in [1.82, 2.24) is 4.90 Å². The minimum Gasteiger partial charge on any atom is -0.469 e. The summed E-state index contributed by atoms with van der Waals surface area (Å²) in [4.78, 5) is 14.3. The van der Waals surface area contributed by atoms with E-state index in [-0.39, 0.29) is 12.0 Å². The van der Waals surface area contributed by atoms with Crippen LogP contribution < -0.4 is 0 Å². The van der Waals surface area contributed by atoms with Gasteiger partial charge < -0.3 is 18.8 Å². The lowest BCUT2D eigenvalue weighted by molar-refractivity contribution is -0.00796. The molecular formula is C16H23NO4. The second-order valence-electron chi connectivity index (χ2n) is 5.94. The number of aryl methyl sites for hydroxylation is 1. The Kier molecular flexibility index (Phi) is 4.60. The number of amides is 1. The maximum atomic E-state index is 12.4. The fourth-order valence-electron chi connectivity index (χ4n) is 2.99. The fraction of sp³-hybridized carbons (Fsp3) is 0.688. The molecule has 0 saturated carbocycles. The second kappa shape index (κ2) is 6.62. The van der Waals surface area contributed by atoms with Crippen molar-refractivity contribution < 1.29 is 18.7 Å². The Morgan fingerprint density at radius 1 is 1.38 bits per heavy atom. The van der Waals surface area contributed by atoms with Gasteiger partial charge in [0.1, 0.15) is 5.76 Å². The van der Waals surface area contributed by atoms with Gasteiger partial charge in [-0.25, -0.2) is 0 Å². The predicted molar refractivity (Wildman–Crippen MR) is 77.2 cm³/mol. The molecule has 116 valence electrons. The zero-order chi connectivity index (χ0) is 14.7. The topological polar surface area (TPSA) is 51.9 Å². The SMILES string of the molecule is Cc1occc1C(=O)N1CCC(OC[C@@H]2CCOC2)CC1. The highest BCUT2D eigenvalue weighted by molar-refractivity contribution is 5.95. The normalized spacial score (nSPS) is 23.7. The monoisotopic (exact) mass is 293 g/mol. The first-order valence-corrected chi connectivity index (χ1v) is 7.76. The van der Waals surface area contributed by atoms with Crippen LogP contribution in [0, 0.1) is 12.8 Å². The van der Waals surface area contributed by atoms with Gasteiger partial charge in [0.15, 0.2) is 0 Å². The molecule has 1 atom stereocenters. The van der Waals surface area contributed by atoms with Crippen LogP contribution in [0.4, 0.5) is 0 Å². The van der Waals surface area contributed by atoms with Crippen molar-refractivity contribution in [2.24, 2.45) is 5.92 Å². The van der Waals surface area contributed by atoms with Crippen molar-refractivity contribution >= 4 is 5.91 Å². The molecule has 0 unspecified atom stereocenters. The van der Waals surface area contributed by atoms with Crippen LogP contribution >= 0.6 is 0 Å². The molecule has 1 aromatic heterocycles. The average molecular weight is 293 g/mol. The van der Waals surface area contributed by atoms with Crippen LogP contribution in [0.25, 0.3) is 0 Å². The van der Waals surface area contributed by atoms with Gasteiger partial charge in [0.2, 0.25) is 0 Å². The molecule has 0 aromatic carbocycles. The molecule has 2 fully saturated rings. The van der Waals surface area contributed by atoms with E-state index in [4.69, 9.17) is 13.9 Å². The molecule has 5 nitrogen and oxygen atoms in total. The zero-order valence-corrected chi connectivity index (χ0v) is 12.5. The Hall–Kier alpha value is -1.33. The molecule has 21 heavy (non-hydrogen) atoms. The lowest BCUT2D eigenvalue weighted by Crippen LogP contribution is -2.41. The van der Waals surface area contributed by atoms with Crippen molar-refractivity contribution in [2.45, 2.75) is 32.3 Å². The summed E-state index contributed by atoms with van der Waals surface area (Å²) in [7, 11) is 0. The van der Waals surface area contributed by atoms with Crippen molar-refractivity contribution in [3.63, 3.8) is 0 Å². The lowest BCUT2D eigenvalue weighted by Gasteiger charge is -2.32. The first-order chi connectivity index (χ1) is 10.2. The summed E-state index contributed by atoms with van der Waals surface area (Å²) >= 11 is 0. The second-order valence-corrected chi connectivity index (χ2v) is 5.94. The predicted octanol–water partition coefficient (Wildman–Crippen LogP) is 2.25. The number of carbonyl (C=O) groups excluding carboxylic acids is 1. The summed E-state index contributed by atoms with van der Waals surface area (Å²) in [6.07, 6.45) is 4.78. The van der Waals surface area contributed by atoms with Crippen LogP contribution in [0.1, 0.15) is 35.4 Å². The number of ether oxygens (including phenoxy) is 2. The number of carbonyl (C=O) groups is 1. The number of rotatable bonds is 4. The summed E-state index contributed by atoms with van der Waals surface area (Å²) < 4.78 is 16.5. The van der Waals surface area contributed by atoms with Gasteiger partial charge in [-0.2, -0.15) is 0 Å². The van der Waals surface area contributed by atoms with Gasteiger partial charge in [-0.3, -0.25) is 4.79 Å². The Morgan fingerprint density at radius 3 is 2.81 bits per heavy atom. The summed E-state index contributed by atoms with van der Waals surface area (Å²) in [5.41, 5.74) is 0.678. The van der Waals surface area contributed by atoms with Crippen molar-refractivity contribution in [1.29, 1.82) is 0 Å². The molecule has 0 bridgehead atoms. The number of hydrogen-bond acceptors (Lipinski definition) is 4. The van der Waals surface area contributed by atoms with Crippen LogP contribution in [-0.4, -0.2) is 49.8 Å². The highest BCUT2D eigenvalue weighted by Crippen LogP contribution is 2.20. The summed E-state index contributed by atoms with van der Waals surface area (Å²) in [6.45, 7) is 5.83. The molecule has 2 aliphatic rings. The van der Waals surface area contributed by atoms with Crippen molar-refractivity contribution in [2.75, 3.05) is 32.9 Å². The van der Waals surface area contributed by atoms with Crippen LogP contribution in [-0.2, 0) is 9.47 Å². The van der Waals surface area contributed by atoms with E-state index in [1.54, 1.807) is 12.3 Å². The smallest absolute Gasteiger partial charge is 0.257 e. The molecule has 0 radical (unpaired) electrons. The van der Waals surface area contributed by atoms with E-state index in [1.165, 1.54) is 0 Å². The lowest BCUT2D eigenvalue weighted by atomic mass is 10.1. The zero-order valence-electron chi connectivity index (χ0n) is 12.5. The van der Waals surface area contributed by atoms with Crippen molar-refractivity contribution in [3.8, 4) is 0 Å². The summed E-state index contributed by atoms with van der Waals surface area (Å²) in [5.74, 6) is 1.32. The molecule has 1 amide bonds. The van der Waals surface area contributed by atoms with E-state index in [0.29, 0.717) is 17.2 Å². The van der Waals surface area contributed by atoms with Gasteiger partial charge >= 0.3 is 0 Å². The maximum absolute atomic E-state index is 12.4. The minimum absolute atomic E-state index is 0.0730. The van der Waals surface area contributed by atoms with E-state index in [1.807, 2.05) is 11.8 Å². The fourth-order valence-corrected chi connectivity index (χ4v) is 2.99. The molecule has 2 aliphatic heterocycles. The summed E-state index contributed by atoms with van der Waals surface area (Å²) in [5, 5.41) is 0. The van der Waals surface area contributed by atoms with Crippen molar-refractivity contribution in [3.05, 3.63) is 23.7 Å². The standard InChI is InChI=1S/C16H23NO4/c1-12-15(5-9-20-12)16(18)17-6-2-14(3-7-17)21-11-13-4-8-19-10-13/h5,9,13-14H,2-4,6-8,10-11H2,1H3/t13-/m1/s1. The number of likely N-dealkylation sites (tertiary alicyclic amines) is 1. The van der Waals surface area contributed by atoms with Gasteiger partial charge in [0.25, 0.3) is 5.91 Å². The van der Waals surface area contributed by atoms with Crippen LogP contribution in [0.15, 0.2) is 16.7 Å². The third-order valence-electron chi connectivity index (χ3n) is 4.41. The molecule has 3 heterocycles. The Morgan fingerprint density at radius 2 is 2.19 bits per heavy atom. The van der Waals surface area contributed by atoms with Crippen LogP contribution in [0.5, 0.6) is 0 Å². The minimum atomic E-state index is 0.0730. The molecule has 5 heteroatoms. The largest absolute Gasteiger partial charge is 0.469 e. The molecule has 0 aliphatic carbocycles. The Bertz CT molecular complexity index is 470. The molecular weight excluding hydrogens is 270 g/mol. The van der Waals surface area contributed by atoms with Gasteiger partial charge in [0, 0.05) is 25.6 Å². The number of hydrogen-bond donors (Lipinski definition) is 0. The maximum Gasteiger partial charge on any atom is 0.257 e. The first-order valence-electron chi connectivity index (χ1n) is 7.76. The van der Waals surface area contributed by atoms with Gasteiger partial charge in [-0.05, 0) is 32.3 Å². The number of piperidine rings is 1. The first kappa shape index (κ1) is 14.6. The Balaban J connectivity index is 1.44. The third kappa shape index (κ3) is 3.47. The molecule has 1 aromatic rings. The average Bonchev–Trinajstić information content (AvgIpc) is 3.16. The molecule has 0 spiro atoms. The van der Waals surface area contributed by atoms with Crippen LogP contribution in [0.2, 0.25) is 0 Å². The van der Waals surface area contributed by atoms with E-state index in [2.05, 4.69) is 0 Å². The van der Waals surface area contributed by atoms with E-state index >= 15 is 0 Å². The van der Waals surface area contributed by atoms with E-state index in [0.717, 1.165) is 52.2 Å². The molecule has 0 N–H and O–H groups in total. The van der Waals surface area contributed by atoms with Gasteiger partial charge in [-0.15, -0.1) is 0 Å². The molecule has 3 rings (SSSR count). The summed E-state index contributed by atoms with van der Waals surface area (Å²) in [6, 6.07) is 1.75. The van der Waals surface area contributed by atoms with Gasteiger partial charge in [0.05, 0.1) is 31.1 Å². The Labute approximate surface area is 125 Å². The number of furan rings is 1. The molecule has 2 saturated heterocycles. The number of nitrogens with zero attached hydrogens (tertiary/aromatic N) is 1. The van der Waals surface area contributed by atoms with Gasteiger partial charge in [-0.1, -0.05) is 0 Å². The highest BCUT2D eigenvalue weighted by atomic mass is 16.5. The van der Waals surface area contributed by atoms with E-state index < -0.39 is 0 Å². The quantitative estimate of drug-likeness (QED) is 0.854. The van der Waals surface area contributed by atoms with Crippen LogP contribution in [0.3, 0.4) is 0 Å². The highest BCUT2D eigenvalue weighted by Gasteiger charge is 2.26. The third-order valence-corrected chi connectivity index (χ3v) is 4.41.